The summed E-state index contributed by atoms with van der Waals surface area (Å²) in [7, 11) is 1.68. The van der Waals surface area contributed by atoms with Crippen molar-refractivity contribution in [2.45, 2.75) is 33.2 Å². The number of benzene rings is 2. The fourth-order valence-corrected chi connectivity index (χ4v) is 3.36. The van der Waals surface area contributed by atoms with Gasteiger partial charge in [-0.15, -0.1) is 0 Å². The van der Waals surface area contributed by atoms with Crippen LogP contribution in [0.2, 0.25) is 0 Å². The molecule has 0 radical (unpaired) electrons. The van der Waals surface area contributed by atoms with Crippen molar-refractivity contribution in [3.8, 4) is 5.75 Å². The molecule has 0 saturated heterocycles. The lowest BCUT2D eigenvalue weighted by atomic mass is 9.91. The van der Waals surface area contributed by atoms with Crippen LogP contribution in [0.4, 0.5) is 0 Å². The minimum absolute atomic E-state index is 0.0194. The van der Waals surface area contributed by atoms with Gasteiger partial charge in [-0.2, -0.15) is 0 Å². The Morgan fingerprint density at radius 2 is 1.71 bits per heavy atom. The van der Waals surface area contributed by atoms with Crippen LogP contribution >= 0.6 is 15.9 Å². The molecule has 0 bridgehead atoms. The fourth-order valence-electron chi connectivity index (χ4n) is 2.95. The van der Waals surface area contributed by atoms with E-state index >= 15 is 0 Å². The monoisotopic (exact) mass is 347 g/mol. The summed E-state index contributed by atoms with van der Waals surface area (Å²) in [6, 6.07) is 10.4. The minimum Gasteiger partial charge on any atom is -0.497 e. The Labute approximate surface area is 135 Å². The van der Waals surface area contributed by atoms with Crippen molar-refractivity contribution in [3.05, 3.63) is 62.6 Å². The lowest BCUT2D eigenvalue weighted by molar-refractivity contribution is 0.414. The lowest BCUT2D eigenvalue weighted by Crippen LogP contribution is -2.16. The highest BCUT2D eigenvalue weighted by Crippen LogP contribution is 2.29. The van der Waals surface area contributed by atoms with Crippen molar-refractivity contribution in [3.63, 3.8) is 0 Å². The van der Waals surface area contributed by atoms with Gasteiger partial charge >= 0.3 is 0 Å². The van der Waals surface area contributed by atoms with Crippen LogP contribution in [0.3, 0.4) is 0 Å². The van der Waals surface area contributed by atoms with Crippen LogP contribution in [0.15, 0.2) is 34.8 Å². The highest BCUT2D eigenvalue weighted by atomic mass is 79.9. The van der Waals surface area contributed by atoms with Gasteiger partial charge in [0, 0.05) is 10.5 Å². The van der Waals surface area contributed by atoms with Crippen LogP contribution < -0.4 is 10.5 Å². The van der Waals surface area contributed by atoms with Gasteiger partial charge in [0.2, 0.25) is 0 Å². The lowest BCUT2D eigenvalue weighted by Gasteiger charge is -2.19. The van der Waals surface area contributed by atoms with E-state index in [1.165, 1.54) is 27.8 Å². The molecule has 21 heavy (non-hydrogen) atoms. The molecule has 1 atom stereocenters. The number of rotatable bonds is 4. The summed E-state index contributed by atoms with van der Waals surface area (Å²) in [5, 5.41) is 0. The first kappa shape index (κ1) is 16.1. The SMILES string of the molecule is COc1ccc(Br)c(CC(N)c2c(C)cc(C)cc2C)c1. The number of aryl methyl sites for hydroxylation is 3. The van der Waals surface area contributed by atoms with Gasteiger partial charge in [0.05, 0.1) is 7.11 Å². The summed E-state index contributed by atoms with van der Waals surface area (Å²) in [6.07, 6.45) is 0.780. The van der Waals surface area contributed by atoms with Crippen molar-refractivity contribution in [2.24, 2.45) is 5.73 Å². The van der Waals surface area contributed by atoms with Crippen molar-refractivity contribution >= 4 is 15.9 Å². The molecule has 2 rings (SSSR count). The zero-order valence-electron chi connectivity index (χ0n) is 13.0. The molecule has 0 fully saturated rings. The minimum atomic E-state index is -0.0194. The highest BCUT2D eigenvalue weighted by Gasteiger charge is 2.15. The van der Waals surface area contributed by atoms with Gasteiger partial charge in [0.1, 0.15) is 5.75 Å². The Morgan fingerprint density at radius 1 is 1.10 bits per heavy atom. The second kappa shape index (κ2) is 6.63. The molecule has 0 aromatic heterocycles. The average Bonchev–Trinajstić information content (AvgIpc) is 2.40. The number of methoxy groups -OCH3 is 1. The second-order valence-electron chi connectivity index (χ2n) is 5.58. The predicted octanol–water partition coefficient (Wildman–Crippen LogP) is 4.63. The Hall–Kier alpha value is -1.32. The van der Waals surface area contributed by atoms with Crippen LogP contribution in [0.25, 0.3) is 0 Å². The van der Waals surface area contributed by atoms with E-state index in [9.17, 15) is 0 Å². The molecule has 0 saturated carbocycles. The Morgan fingerprint density at radius 3 is 2.29 bits per heavy atom. The van der Waals surface area contributed by atoms with E-state index < -0.39 is 0 Å². The molecule has 0 aliphatic rings. The first-order valence-electron chi connectivity index (χ1n) is 7.08. The largest absolute Gasteiger partial charge is 0.497 e. The van der Waals surface area contributed by atoms with Gasteiger partial charge in [-0.05, 0) is 67.6 Å². The molecule has 1 unspecified atom stereocenters. The van der Waals surface area contributed by atoms with Gasteiger partial charge < -0.3 is 10.5 Å². The van der Waals surface area contributed by atoms with Gasteiger partial charge in [-0.3, -0.25) is 0 Å². The molecular formula is C18H22BrNO. The Kier molecular flexibility index (Phi) is 5.07. The van der Waals surface area contributed by atoms with E-state index in [2.05, 4.69) is 48.8 Å². The molecule has 0 spiro atoms. The first-order chi connectivity index (χ1) is 9.92. The van der Waals surface area contributed by atoms with Crippen molar-refractivity contribution in [2.75, 3.05) is 7.11 Å². The zero-order valence-corrected chi connectivity index (χ0v) is 14.6. The Bertz CT molecular complexity index is 629. The maximum atomic E-state index is 6.48. The van der Waals surface area contributed by atoms with E-state index in [1.807, 2.05) is 18.2 Å². The highest BCUT2D eigenvalue weighted by molar-refractivity contribution is 9.10. The number of nitrogens with two attached hydrogens (primary N) is 1. The van der Waals surface area contributed by atoms with E-state index in [0.717, 1.165) is 16.6 Å². The summed E-state index contributed by atoms with van der Waals surface area (Å²) in [5.74, 6) is 0.859. The van der Waals surface area contributed by atoms with E-state index in [4.69, 9.17) is 10.5 Å². The predicted molar refractivity (Wildman–Crippen MR) is 92.0 cm³/mol. The number of halogens is 1. The molecule has 2 N–H and O–H groups in total. The van der Waals surface area contributed by atoms with Crippen LogP contribution in [0, 0.1) is 20.8 Å². The molecular weight excluding hydrogens is 326 g/mol. The molecule has 2 nitrogen and oxygen atoms in total. The maximum absolute atomic E-state index is 6.48. The quantitative estimate of drug-likeness (QED) is 0.875. The number of ether oxygens (including phenoxy) is 1. The summed E-state index contributed by atoms with van der Waals surface area (Å²) >= 11 is 3.60. The smallest absolute Gasteiger partial charge is 0.119 e. The maximum Gasteiger partial charge on any atom is 0.119 e. The topological polar surface area (TPSA) is 35.2 Å². The van der Waals surface area contributed by atoms with Crippen LogP contribution in [0.1, 0.15) is 33.9 Å². The van der Waals surface area contributed by atoms with Gasteiger partial charge in [0.25, 0.3) is 0 Å². The van der Waals surface area contributed by atoms with Crippen molar-refractivity contribution in [1.29, 1.82) is 0 Å². The summed E-state index contributed by atoms with van der Waals surface area (Å²) in [6.45, 7) is 6.39. The van der Waals surface area contributed by atoms with Crippen molar-refractivity contribution < 1.29 is 4.74 Å². The number of hydrogen-bond acceptors (Lipinski definition) is 2. The molecule has 2 aromatic carbocycles. The van der Waals surface area contributed by atoms with Gasteiger partial charge in [-0.1, -0.05) is 33.6 Å². The molecule has 0 heterocycles. The normalized spacial score (nSPS) is 12.3. The zero-order chi connectivity index (χ0) is 15.6. The second-order valence-corrected chi connectivity index (χ2v) is 6.43. The summed E-state index contributed by atoms with van der Waals surface area (Å²) in [4.78, 5) is 0. The summed E-state index contributed by atoms with van der Waals surface area (Å²) in [5.41, 5.74) is 12.7. The third-order valence-corrected chi connectivity index (χ3v) is 4.58. The molecule has 0 amide bonds. The first-order valence-corrected chi connectivity index (χ1v) is 7.87. The van der Waals surface area contributed by atoms with Crippen molar-refractivity contribution in [1.82, 2.24) is 0 Å². The fraction of sp³-hybridized carbons (Fsp3) is 0.333. The van der Waals surface area contributed by atoms with E-state index in [0.29, 0.717) is 0 Å². The van der Waals surface area contributed by atoms with Gasteiger partial charge in [0.15, 0.2) is 0 Å². The molecule has 112 valence electrons. The molecule has 3 heteroatoms. The third-order valence-electron chi connectivity index (χ3n) is 3.80. The molecule has 2 aromatic rings. The van der Waals surface area contributed by atoms with Crippen LogP contribution in [-0.2, 0) is 6.42 Å². The average molecular weight is 348 g/mol. The third kappa shape index (κ3) is 3.66. The van der Waals surface area contributed by atoms with E-state index in [-0.39, 0.29) is 6.04 Å². The van der Waals surface area contributed by atoms with E-state index in [1.54, 1.807) is 7.11 Å². The molecule has 0 aliphatic carbocycles. The van der Waals surface area contributed by atoms with Crippen LogP contribution in [0.5, 0.6) is 5.75 Å². The number of hydrogen-bond donors (Lipinski definition) is 1. The summed E-state index contributed by atoms with van der Waals surface area (Å²) < 4.78 is 6.37. The molecule has 0 aliphatic heterocycles. The Balaban J connectivity index is 2.32. The van der Waals surface area contributed by atoms with Crippen LogP contribution in [-0.4, -0.2) is 7.11 Å². The standard InChI is InChI=1S/C18H22BrNO/c1-11-7-12(2)18(13(3)8-11)17(20)10-14-9-15(21-4)5-6-16(14)19/h5-9,17H,10,20H2,1-4H3. The van der Waals surface area contributed by atoms with Gasteiger partial charge in [-0.25, -0.2) is 0 Å².